The molecule has 4 atom stereocenters. The number of fused-ring (bicyclic) bond motifs is 1. The first-order chi connectivity index (χ1) is 17.8. The summed E-state index contributed by atoms with van der Waals surface area (Å²) in [5.74, 6) is 0.145. The van der Waals surface area contributed by atoms with Gasteiger partial charge in [0, 0.05) is 5.92 Å². The summed E-state index contributed by atoms with van der Waals surface area (Å²) in [6, 6.07) is 8.19. The van der Waals surface area contributed by atoms with Crippen LogP contribution in [0.3, 0.4) is 0 Å². The second kappa shape index (κ2) is 12.1. The summed E-state index contributed by atoms with van der Waals surface area (Å²) in [5, 5.41) is 3.62. The van der Waals surface area contributed by atoms with Gasteiger partial charge in [-0.1, -0.05) is 30.4 Å². The number of nitrogen functional groups attached to an aromatic ring is 1. The van der Waals surface area contributed by atoms with Crippen LogP contribution in [0.1, 0.15) is 18.9 Å². The third-order valence-corrected chi connectivity index (χ3v) is 7.64. The lowest BCUT2D eigenvalue weighted by Gasteiger charge is -2.30. The number of anilines is 2. The third kappa shape index (κ3) is 6.49. The van der Waals surface area contributed by atoms with Gasteiger partial charge in [-0.2, -0.15) is 11.8 Å². The molecule has 1 aliphatic carbocycles. The normalized spacial score (nSPS) is 19.5. The Balaban J connectivity index is 1.36. The van der Waals surface area contributed by atoms with Gasteiger partial charge in [0.2, 0.25) is 0 Å². The molecule has 1 unspecified atom stereocenters. The summed E-state index contributed by atoms with van der Waals surface area (Å²) in [5.41, 5.74) is 7.66. The highest BCUT2D eigenvalue weighted by Crippen LogP contribution is 2.40. The molecule has 4 N–H and O–H groups in total. The van der Waals surface area contributed by atoms with Crippen LogP contribution in [0, 0.1) is 5.92 Å². The van der Waals surface area contributed by atoms with Crippen LogP contribution in [0.25, 0.3) is 11.2 Å². The van der Waals surface area contributed by atoms with E-state index in [1.807, 2.05) is 41.2 Å². The number of carbonyl (C=O) groups is 1. The number of benzene rings is 1. The molecule has 12 nitrogen and oxygen atoms in total. The molecule has 3 aromatic rings. The topological polar surface area (TPSA) is 158 Å². The lowest BCUT2D eigenvalue weighted by Crippen LogP contribution is -2.46. The number of para-hydroxylation sites is 1. The molecule has 0 radical (unpaired) electrons. The van der Waals surface area contributed by atoms with Gasteiger partial charge in [-0.05, 0) is 37.0 Å². The largest absolute Gasteiger partial charge is 0.432 e. The van der Waals surface area contributed by atoms with E-state index in [1.54, 1.807) is 30.2 Å². The Morgan fingerprint density at radius 3 is 2.84 bits per heavy atom. The molecule has 0 spiro atoms. The van der Waals surface area contributed by atoms with Crippen molar-refractivity contribution in [3.8, 4) is 0 Å². The van der Waals surface area contributed by atoms with Gasteiger partial charge in [-0.25, -0.2) is 24.6 Å². The molecule has 198 valence electrons. The number of imidazole rings is 1. The van der Waals surface area contributed by atoms with Crippen LogP contribution in [0.2, 0.25) is 0 Å². The molecule has 0 saturated carbocycles. The van der Waals surface area contributed by atoms with E-state index in [-0.39, 0.29) is 18.6 Å². The van der Waals surface area contributed by atoms with Crippen LogP contribution < -0.4 is 15.9 Å². The highest BCUT2D eigenvalue weighted by molar-refractivity contribution is 7.98. The molecule has 0 saturated heterocycles. The molecule has 0 bridgehead atoms. The van der Waals surface area contributed by atoms with E-state index in [4.69, 9.17) is 15.1 Å². The monoisotopic (exact) mass is 547 g/mol. The fourth-order valence-electron chi connectivity index (χ4n) is 4.21. The number of allylic oxidation sites excluding steroid dienone is 1. The summed E-state index contributed by atoms with van der Waals surface area (Å²) in [6.07, 6.45) is 9.82. The summed E-state index contributed by atoms with van der Waals surface area (Å²) in [6.45, 7) is -0.0486. The number of thioether (sulfide) groups is 1. The Bertz CT molecular complexity index is 1290. The van der Waals surface area contributed by atoms with Crippen molar-refractivity contribution in [1.82, 2.24) is 24.6 Å². The van der Waals surface area contributed by atoms with E-state index < -0.39 is 19.7 Å². The summed E-state index contributed by atoms with van der Waals surface area (Å²) < 4.78 is 20.0. The maximum Gasteiger partial charge on any atom is 0.432 e. The molecule has 0 fully saturated rings. The Labute approximate surface area is 218 Å². The van der Waals surface area contributed by atoms with Gasteiger partial charge in [-0.15, -0.1) is 0 Å². The van der Waals surface area contributed by atoms with Gasteiger partial charge >= 0.3 is 7.75 Å². The second-order valence-corrected chi connectivity index (χ2v) is 11.0. The van der Waals surface area contributed by atoms with Crippen molar-refractivity contribution in [3.05, 3.63) is 55.1 Å². The van der Waals surface area contributed by atoms with E-state index in [0.717, 1.165) is 0 Å². The van der Waals surface area contributed by atoms with Crippen molar-refractivity contribution in [2.45, 2.75) is 24.9 Å². The minimum atomic E-state index is -4.43. The summed E-state index contributed by atoms with van der Waals surface area (Å²) in [4.78, 5) is 41.5. The van der Waals surface area contributed by atoms with E-state index >= 15 is 0 Å². The fourth-order valence-corrected chi connectivity index (χ4v) is 5.55. The van der Waals surface area contributed by atoms with Crippen LogP contribution in [-0.4, -0.2) is 62.1 Å². The molecule has 4 rings (SSSR count). The van der Waals surface area contributed by atoms with E-state index in [2.05, 4.69) is 20.0 Å². The maximum atomic E-state index is 13.1. The molecule has 14 heteroatoms. The van der Waals surface area contributed by atoms with Crippen molar-refractivity contribution in [2.75, 3.05) is 36.5 Å². The number of hydroxylamine groups is 1. The Hall–Kier alpha value is -2.96. The number of carbonyl (C=O) groups excluding carboxylic acids is 1. The molecular weight excluding hydrogens is 517 g/mol. The molecule has 0 aliphatic heterocycles. The third-order valence-electron chi connectivity index (χ3n) is 6.00. The Kier molecular flexibility index (Phi) is 8.83. The van der Waals surface area contributed by atoms with Crippen LogP contribution in [-0.2, 0) is 18.7 Å². The predicted octanol–water partition coefficient (Wildman–Crippen LogP) is 2.95. The van der Waals surface area contributed by atoms with Crippen molar-refractivity contribution in [3.63, 3.8) is 0 Å². The predicted molar refractivity (Wildman–Crippen MR) is 143 cm³/mol. The first kappa shape index (κ1) is 27.1. The van der Waals surface area contributed by atoms with Crippen molar-refractivity contribution >= 4 is 48.1 Å². The van der Waals surface area contributed by atoms with Crippen molar-refractivity contribution in [2.24, 2.45) is 5.92 Å². The molecule has 1 amide bonds. The van der Waals surface area contributed by atoms with E-state index in [0.29, 0.717) is 41.3 Å². The Morgan fingerprint density at radius 1 is 1.32 bits per heavy atom. The summed E-state index contributed by atoms with van der Waals surface area (Å²) >= 11 is 1.56. The number of nitrogens with one attached hydrogen (secondary N) is 1. The first-order valence-corrected chi connectivity index (χ1v) is 14.6. The number of nitrogens with two attached hydrogens (primary N) is 1. The second-order valence-electron chi connectivity index (χ2n) is 8.46. The van der Waals surface area contributed by atoms with Gasteiger partial charge < -0.3 is 15.2 Å². The van der Waals surface area contributed by atoms with Crippen molar-refractivity contribution < 1.29 is 23.6 Å². The maximum absolute atomic E-state index is 13.1. The van der Waals surface area contributed by atoms with Gasteiger partial charge in [-0.3, -0.25) is 19.2 Å². The number of nitrogens with zero attached hydrogens (tertiary/aromatic N) is 5. The number of hydrogen-bond acceptors (Lipinski definition) is 10. The van der Waals surface area contributed by atoms with E-state index in [9.17, 15) is 14.3 Å². The highest BCUT2D eigenvalue weighted by atomic mass is 32.2. The zero-order valence-electron chi connectivity index (χ0n) is 20.5. The van der Waals surface area contributed by atoms with Crippen LogP contribution in [0.15, 0.2) is 55.1 Å². The number of rotatable bonds is 12. The van der Waals surface area contributed by atoms with Gasteiger partial charge in [0.15, 0.2) is 11.5 Å². The number of hydrogen-bond donors (Lipinski definition) is 3. The number of amides is 1. The molecule has 2 aromatic heterocycles. The van der Waals surface area contributed by atoms with Gasteiger partial charge in [0.1, 0.15) is 17.9 Å². The minimum absolute atomic E-state index is 0.0486. The summed E-state index contributed by atoms with van der Waals surface area (Å²) in [7, 11) is -2.98. The standard InChI is InChI=1S/C23H30N7O5PS/c1-34-30(17-6-4-3-5-7-17)19(10-11-37-2)23(31)28-36(32,33)35-13-16-8-9-18(12-16)29-15-27-20-21(24)25-14-26-22(20)29/h3-9,14-16,18-19H,10-13H2,1-2H3,(H2,24,25,26)(H2,28,31,32,33)/t16-,18+,19-/m0/s1. The number of aromatic nitrogens is 4. The van der Waals surface area contributed by atoms with E-state index in [1.165, 1.54) is 18.5 Å². The molecular formula is C23H30N7O5PS. The average molecular weight is 548 g/mol. The minimum Gasteiger partial charge on any atom is -0.382 e. The van der Waals surface area contributed by atoms with Crippen molar-refractivity contribution in [1.29, 1.82) is 0 Å². The van der Waals surface area contributed by atoms with Crippen LogP contribution >= 0.6 is 19.5 Å². The SMILES string of the molecule is CON(c1ccccc1)[C@@H](CCSC)C(=O)NP(=O)(O)OC[C@H]1C=C[C@@H](n2cnc3c(N)ncnc32)C1. The smallest absolute Gasteiger partial charge is 0.382 e. The molecule has 1 aromatic carbocycles. The quantitative estimate of drug-likeness (QED) is 0.174. The lowest BCUT2D eigenvalue weighted by atomic mass is 10.1. The first-order valence-electron chi connectivity index (χ1n) is 11.6. The molecule has 1 aliphatic rings. The molecule has 2 heterocycles. The average Bonchev–Trinajstić information content (AvgIpc) is 3.53. The lowest BCUT2D eigenvalue weighted by molar-refractivity contribution is -0.122. The fraction of sp³-hybridized carbons (Fsp3) is 0.391. The zero-order valence-corrected chi connectivity index (χ0v) is 22.2. The van der Waals surface area contributed by atoms with Gasteiger partial charge in [0.05, 0.1) is 31.8 Å². The zero-order chi connectivity index (χ0) is 26.4. The van der Waals surface area contributed by atoms with Crippen LogP contribution in [0.4, 0.5) is 11.5 Å². The Morgan fingerprint density at radius 2 is 2.11 bits per heavy atom. The van der Waals surface area contributed by atoms with Gasteiger partial charge in [0.25, 0.3) is 5.91 Å². The molecule has 37 heavy (non-hydrogen) atoms. The van der Waals surface area contributed by atoms with Crippen LogP contribution in [0.5, 0.6) is 0 Å². The highest BCUT2D eigenvalue weighted by Gasteiger charge is 2.33.